The lowest BCUT2D eigenvalue weighted by molar-refractivity contribution is -0.132. The molecule has 6 nitrogen and oxygen atoms in total. The quantitative estimate of drug-likeness (QED) is 0.199. The number of hydrogen-bond donors (Lipinski definition) is 1. The second-order valence-electron chi connectivity index (χ2n) is 8.13. The molecule has 1 N–H and O–H groups in total. The molecule has 1 amide bonds. The largest absolute Gasteiger partial charge is 0.507 e. The van der Waals surface area contributed by atoms with Crippen LogP contribution in [0.1, 0.15) is 43.4 Å². The van der Waals surface area contributed by atoms with E-state index in [0.29, 0.717) is 17.9 Å². The van der Waals surface area contributed by atoms with Crippen LogP contribution in [0.5, 0.6) is 5.75 Å². The Kier molecular flexibility index (Phi) is 7.19. The first-order valence-electron chi connectivity index (χ1n) is 11.3. The van der Waals surface area contributed by atoms with Crippen LogP contribution in [-0.4, -0.2) is 28.4 Å². The molecule has 8 heteroatoms. The number of aliphatic hydroxyl groups excluding tert-OH is 1. The third-order valence-corrected chi connectivity index (χ3v) is 5.78. The molecule has 0 bridgehead atoms. The molecule has 0 aliphatic carbocycles. The van der Waals surface area contributed by atoms with Crippen molar-refractivity contribution in [2.24, 2.45) is 0 Å². The van der Waals surface area contributed by atoms with Gasteiger partial charge in [0.05, 0.1) is 23.9 Å². The summed E-state index contributed by atoms with van der Waals surface area (Å²) < 4.78 is 34.3. The van der Waals surface area contributed by atoms with E-state index in [1.165, 1.54) is 12.4 Å². The molecule has 0 saturated carbocycles. The molecule has 1 aliphatic rings. The number of unbranched alkanes of at least 4 members (excludes halogenated alkanes) is 2. The number of ether oxygens (including phenoxy) is 1. The number of aliphatic hydroxyl groups is 1. The standard InChI is InChI=1S/C27H24F2N2O4/c1-2-3-4-15-35-20-8-5-18(6-9-20)25(32)23-24(17-11-13-30-14-12-17)31(27(34)26(23)33)22-16-19(28)7-10-21(22)29/h5-14,16,24,32H,2-4,15H2,1H3/b25-23+. The zero-order valence-corrected chi connectivity index (χ0v) is 19.1. The smallest absolute Gasteiger partial charge is 0.300 e. The maximum Gasteiger partial charge on any atom is 0.300 e. The van der Waals surface area contributed by atoms with Crippen molar-refractivity contribution in [2.75, 3.05) is 11.5 Å². The van der Waals surface area contributed by atoms with Gasteiger partial charge in [-0.2, -0.15) is 0 Å². The van der Waals surface area contributed by atoms with Crippen LogP contribution in [0.15, 0.2) is 72.6 Å². The lowest BCUT2D eigenvalue weighted by Gasteiger charge is -2.25. The Morgan fingerprint density at radius 2 is 1.74 bits per heavy atom. The van der Waals surface area contributed by atoms with Gasteiger partial charge in [0.2, 0.25) is 0 Å². The lowest BCUT2D eigenvalue weighted by atomic mass is 9.95. The fourth-order valence-electron chi connectivity index (χ4n) is 4.02. The molecule has 0 spiro atoms. The molecule has 2 heterocycles. The highest BCUT2D eigenvalue weighted by molar-refractivity contribution is 6.51. The van der Waals surface area contributed by atoms with Crippen molar-refractivity contribution in [3.8, 4) is 5.75 Å². The number of rotatable bonds is 8. The van der Waals surface area contributed by atoms with E-state index >= 15 is 0 Å². The number of aromatic nitrogens is 1. The molecule has 3 aromatic rings. The van der Waals surface area contributed by atoms with Crippen molar-refractivity contribution in [3.63, 3.8) is 0 Å². The van der Waals surface area contributed by atoms with Gasteiger partial charge in [0.25, 0.3) is 11.7 Å². The average Bonchev–Trinajstić information content (AvgIpc) is 3.14. The maximum atomic E-state index is 14.7. The molecule has 1 saturated heterocycles. The first-order chi connectivity index (χ1) is 16.9. The second-order valence-corrected chi connectivity index (χ2v) is 8.13. The third kappa shape index (κ3) is 4.91. The van der Waals surface area contributed by atoms with Gasteiger partial charge < -0.3 is 9.84 Å². The van der Waals surface area contributed by atoms with Gasteiger partial charge in [-0.15, -0.1) is 0 Å². The van der Waals surface area contributed by atoms with Gasteiger partial charge in [-0.25, -0.2) is 8.78 Å². The number of Topliss-reactive ketones (excluding diaryl/α,β-unsaturated/α-hetero) is 1. The number of nitrogens with zero attached hydrogens (tertiary/aromatic N) is 2. The fraction of sp³-hybridized carbons (Fsp3) is 0.222. The highest BCUT2D eigenvalue weighted by Crippen LogP contribution is 2.43. The Balaban J connectivity index is 1.77. The van der Waals surface area contributed by atoms with Gasteiger partial charge in [0, 0.05) is 24.0 Å². The van der Waals surface area contributed by atoms with Gasteiger partial charge in [-0.1, -0.05) is 19.8 Å². The summed E-state index contributed by atoms with van der Waals surface area (Å²) in [6.07, 6.45) is 5.94. The molecule has 35 heavy (non-hydrogen) atoms. The normalized spacial score (nSPS) is 17.1. The summed E-state index contributed by atoms with van der Waals surface area (Å²) in [6, 6.07) is 11.0. The van der Waals surface area contributed by atoms with Crippen LogP contribution in [0.2, 0.25) is 0 Å². The molecule has 180 valence electrons. The van der Waals surface area contributed by atoms with E-state index in [0.717, 1.165) is 42.4 Å². The zero-order valence-electron chi connectivity index (χ0n) is 19.1. The van der Waals surface area contributed by atoms with Crippen molar-refractivity contribution < 1.29 is 28.2 Å². The average molecular weight is 478 g/mol. The number of hydrogen-bond acceptors (Lipinski definition) is 5. The number of halogens is 2. The van der Waals surface area contributed by atoms with E-state index < -0.39 is 40.8 Å². The molecular weight excluding hydrogens is 454 g/mol. The molecule has 4 rings (SSSR count). The fourth-order valence-corrected chi connectivity index (χ4v) is 4.02. The summed E-state index contributed by atoms with van der Waals surface area (Å²) in [5, 5.41) is 11.1. The molecular formula is C27H24F2N2O4. The number of ketones is 1. The molecule has 0 radical (unpaired) electrons. The van der Waals surface area contributed by atoms with Gasteiger partial charge in [-0.05, 0) is 60.5 Å². The van der Waals surface area contributed by atoms with Crippen LogP contribution in [0.3, 0.4) is 0 Å². The number of pyridine rings is 1. The summed E-state index contributed by atoms with van der Waals surface area (Å²) in [4.78, 5) is 30.9. The van der Waals surface area contributed by atoms with Crippen LogP contribution < -0.4 is 9.64 Å². The highest BCUT2D eigenvalue weighted by Gasteiger charge is 2.47. The van der Waals surface area contributed by atoms with Crippen molar-refractivity contribution in [3.05, 3.63) is 95.3 Å². The van der Waals surface area contributed by atoms with Crippen LogP contribution in [0, 0.1) is 11.6 Å². The Morgan fingerprint density at radius 1 is 1.03 bits per heavy atom. The van der Waals surface area contributed by atoms with E-state index in [-0.39, 0.29) is 11.1 Å². The van der Waals surface area contributed by atoms with Gasteiger partial charge in [0.1, 0.15) is 23.1 Å². The van der Waals surface area contributed by atoms with Gasteiger partial charge >= 0.3 is 0 Å². The van der Waals surface area contributed by atoms with Crippen LogP contribution >= 0.6 is 0 Å². The number of amides is 1. The Bertz CT molecular complexity index is 1260. The SMILES string of the molecule is CCCCCOc1ccc(/C(O)=C2\C(=O)C(=O)N(c3cc(F)ccc3F)C2c2ccncc2)cc1. The van der Waals surface area contributed by atoms with Crippen LogP contribution in [-0.2, 0) is 9.59 Å². The number of benzene rings is 2. The second kappa shape index (κ2) is 10.5. The molecule has 2 aromatic carbocycles. The van der Waals surface area contributed by atoms with Gasteiger partial charge in [0.15, 0.2) is 0 Å². The van der Waals surface area contributed by atoms with Crippen molar-refractivity contribution >= 4 is 23.1 Å². The van der Waals surface area contributed by atoms with Crippen molar-refractivity contribution in [2.45, 2.75) is 32.2 Å². The van der Waals surface area contributed by atoms with E-state index in [2.05, 4.69) is 11.9 Å². The van der Waals surface area contributed by atoms with E-state index in [9.17, 15) is 23.5 Å². The number of carbonyl (C=O) groups excluding carboxylic acids is 2. The highest BCUT2D eigenvalue weighted by atomic mass is 19.1. The van der Waals surface area contributed by atoms with E-state index in [4.69, 9.17) is 4.74 Å². The number of carbonyl (C=O) groups is 2. The molecule has 1 aliphatic heterocycles. The summed E-state index contributed by atoms with van der Waals surface area (Å²) in [5.74, 6) is -3.56. The first-order valence-corrected chi connectivity index (χ1v) is 11.3. The third-order valence-electron chi connectivity index (χ3n) is 5.78. The summed E-state index contributed by atoms with van der Waals surface area (Å²) in [6.45, 7) is 2.66. The summed E-state index contributed by atoms with van der Waals surface area (Å²) in [5.41, 5.74) is 0.0493. The molecule has 1 fully saturated rings. The minimum Gasteiger partial charge on any atom is -0.507 e. The first kappa shape index (κ1) is 24.1. The van der Waals surface area contributed by atoms with Crippen LogP contribution in [0.4, 0.5) is 14.5 Å². The summed E-state index contributed by atoms with van der Waals surface area (Å²) in [7, 11) is 0. The Morgan fingerprint density at radius 3 is 2.43 bits per heavy atom. The molecule has 1 atom stereocenters. The van der Waals surface area contributed by atoms with E-state index in [1.54, 1.807) is 36.4 Å². The zero-order chi connectivity index (χ0) is 24.9. The lowest BCUT2D eigenvalue weighted by Crippen LogP contribution is -2.30. The Hall–Kier alpha value is -4.07. The predicted octanol–water partition coefficient (Wildman–Crippen LogP) is 5.56. The van der Waals surface area contributed by atoms with Crippen molar-refractivity contribution in [1.29, 1.82) is 0 Å². The van der Waals surface area contributed by atoms with Crippen molar-refractivity contribution in [1.82, 2.24) is 4.98 Å². The van der Waals surface area contributed by atoms with Gasteiger partial charge in [-0.3, -0.25) is 19.5 Å². The summed E-state index contributed by atoms with van der Waals surface area (Å²) >= 11 is 0. The number of anilines is 1. The topological polar surface area (TPSA) is 79.7 Å². The van der Waals surface area contributed by atoms with Crippen LogP contribution in [0.25, 0.3) is 5.76 Å². The van der Waals surface area contributed by atoms with E-state index in [1.807, 2.05) is 0 Å². The molecule has 1 unspecified atom stereocenters. The Labute approximate surface area is 201 Å². The minimum atomic E-state index is -1.18. The predicted molar refractivity (Wildman–Crippen MR) is 127 cm³/mol. The molecule has 1 aromatic heterocycles. The monoisotopic (exact) mass is 478 g/mol. The minimum absolute atomic E-state index is 0.235. The maximum absolute atomic E-state index is 14.7.